The maximum absolute atomic E-state index is 13.1. The van der Waals surface area contributed by atoms with Crippen LogP contribution in [0.3, 0.4) is 0 Å². The Morgan fingerprint density at radius 3 is 2.17 bits per heavy atom. The van der Waals surface area contributed by atoms with Crippen molar-refractivity contribution in [2.75, 3.05) is 11.9 Å². The third-order valence-corrected chi connectivity index (χ3v) is 3.22. The molecule has 1 atom stereocenters. The van der Waals surface area contributed by atoms with Gasteiger partial charge in [0.2, 0.25) is 5.91 Å². The van der Waals surface area contributed by atoms with Crippen LogP contribution < -0.4 is 10.6 Å². The minimum absolute atomic E-state index is 0.121. The van der Waals surface area contributed by atoms with Crippen molar-refractivity contribution in [3.63, 3.8) is 0 Å². The lowest BCUT2D eigenvalue weighted by atomic mass is 10.1. The molecular weight excluding hydrogens is 312 g/mol. The number of hydrogen-bond donors (Lipinski definition) is 2. The quantitative estimate of drug-likeness (QED) is 0.825. The zero-order chi connectivity index (χ0) is 17.0. The van der Waals surface area contributed by atoms with Gasteiger partial charge in [0.05, 0.1) is 6.54 Å². The fourth-order valence-electron chi connectivity index (χ4n) is 1.92. The summed E-state index contributed by atoms with van der Waals surface area (Å²) in [5, 5.41) is 5.22. The molecule has 2 N–H and O–H groups in total. The highest BCUT2D eigenvalue weighted by molar-refractivity contribution is 5.92. The van der Waals surface area contributed by atoms with E-state index in [4.69, 9.17) is 0 Å². The van der Waals surface area contributed by atoms with E-state index >= 15 is 0 Å². The Hall–Kier alpha value is -2.41. The maximum atomic E-state index is 13.1. The second-order valence-corrected chi connectivity index (χ2v) is 4.95. The number of rotatable bonds is 5. The molecule has 0 saturated carbocycles. The Balaban J connectivity index is 1.90. The highest BCUT2D eigenvalue weighted by atomic mass is 19.2. The van der Waals surface area contributed by atoms with E-state index in [0.717, 1.165) is 24.3 Å². The fourth-order valence-corrected chi connectivity index (χ4v) is 1.92. The maximum Gasteiger partial charge on any atom is 0.238 e. The van der Waals surface area contributed by atoms with Gasteiger partial charge in [-0.25, -0.2) is 17.6 Å². The molecule has 3 nitrogen and oxygen atoms in total. The largest absolute Gasteiger partial charge is 0.325 e. The minimum Gasteiger partial charge on any atom is -0.325 e. The molecule has 0 heterocycles. The minimum atomic E-state index is -1.06. The van der Waals surface area contributed by atoms with Crippen molar-refractivity contribution in [3.05, 3.63) is 65.2 Å². The van der Waals surface area contributed by atoms with Gasteiger partial charge in [0, 0.05) is 17.8 Å². The van der Waals surface area contributed by atoms with Gasteiger partial charge in [-0.05, 0) is 36.8 Å². The number of nitrogens with one attached hydrogen (secondary N) is 2. The van der Waals surface area contributed by atoms with Crippen molar-refractivity contribution in [1.29, 1.82) is 0 Å². The molecule has 0 bridgehead atoms. The molecule has 2 aromatic rings. The van der Waals surface area contributed by atoms with Gasteiger partial charge in [0.1, 0.15) is 0 Å². The molecule has 2 aromatic carbocycles. The monoisotopic (exact) mass is 326 g/mol. The van der Waals surface area contributed by atoms with E-state index < -0.39 is 35.2 Å². The first-order valence-electron chi connectivity index (χ1n) is 6.80. The van der Waals surface area contributed by atoms with Crippen LogP contribution >= 0.6 is 0 Å². The number of anilines is 1. The Bertz CT molecular complexity index is 721. The van der Waals surface area contributed by atoms with Gasteiger partial charge in [-0.2, -0.15) is 0 Å². The average Bonchev–Trinajstić information content (AvgIpc) is 2.51. The third kappa shape index (κ3) is 4.53. The second-order valence-electron chi connectivity index (χ2n) is 4.95. The lowest BCUT2D eigenvalue weighted by molar-refractivity contribution is -0.115. The van der Waals surface area contributed by atoms with E-state index in [2.05, 4.69) is 10.6 Å². The molecule has 122 valence electrons. The van der Waals surface area contributed by atoms with Crippen molar-refractivity contribution in [1.82, 2.24) is 5.32 Å². The van der Waals surface area contributed by atoms with Crippen molar-refractivity contribution in [2.24, 2.45) is 0 Å². The predicted octanol–water partition coefficient (Wildman–Crippen LogP) is 3.53. The molecule has 0 aliphatic rings. The van der Waals surface area contributed by atoms with E-state index in [0.29, 0.717) is 5.56 Å². The van der Waals surface area contributed by atoms with Crippen LogP contribution in [0.5, 0.6) is 0 Å². The van der Waals surface area contributed by atoms with Crippen LogP contribution in [-0.4, -0.2) is 12.5 Å². The zero-order valence-corrected chi connectivity index (χ0v) is 12.2. The molecule has 0 aliphatic heterocycles. The number of carbonyl (C=O) groups excluding carboxylic acids is 1. The molecule has 7 heteroatoms. The van der Waals surface area contributed by atoms with Crippen molar-refractivity contribution in [3.8, 4) is 0 Å². The number of benzene rings is 2. The summed E-state index contributed by atoms with van der Waals surface area (Å²) in [5.41, 5.74) is 0.598. The van der Waals surface area contributed by atoms with Gasteiger partial charge in [-0.15, -0.1) is 0 Å². The topological polar surface area (TPSA) is 41.1 Å². The molecule has 0 radical (unpaired) electrons. The van der Waals surface area contributed by atoms with Gasteiger partial charge >= 0.3 is 0 Å². The number of hydrogen-bond acceptors (Lipinski definition) is 2. The Morgan fingerprint density at radius 2 is 1.57 bits per heavy atom. The Morgan fingerprint density at radius 1 is 0.957 bits per heavy atom. The van der Waals surface area contributed by atoms with Crippen LogP contribution in [0, 0.1) is 23.3 Å². The molecule has 0 aliphatic carbocycles. The Kier molecular flexibility index (Phi) is 5.33. The molecule has 2 rings (SSSR count). The Labute approximate surface area is 130 Å². The highest BCUT2D eigenvalue weighted by Gasteiger charge is 2.11. The SMILES string of the molecule is C[C@@H](NCC(=O)Nc1ccc(F)c(F)c1)c1ccc(F)c(F)c1. The van der Waals surface area contributed by atoms with Crippen LogP contribution in [0.2, 0.25) is 0 Å². The van der Waals surface area contributed by atoms with Crippen LogP contribution in [0.4, 0.5) is 23.2 Å². The summed E-state index contributed by atoms with van der Waals surface area (Å²) in [5.74, 6) is -4.47. The van der Waals surface area contributed by atoms with Gasteiger partial charge in [-0.1, -0.05) is 6.07 Å². The van der Waals surface area contributed by atoms with E-state index in [1.54, 1.807) is 6.92 Å². The molecule has 0 fully saturated rings. The molecular formula is C16H14F4N2O. The lowest BCUT2D eigenvalue weighted by Crippen LogP contribution is -2.30. The molecule has 0 saturated heterocycles. The van der Waals surface area contributed by atoms with Crippen LogP contribution in [0.25, 0.3) is 0 Å². The highest BCUT2D eigenvalue weighted by Crippen LogP contribution is 2.16. The molecule has 0 spiro atoms. The summed E-state index contributed by atoms with van der Waals surface area (Å²) in [6.07, 6.45) is 0. The normalized spacial score (nSPS) is 12.0. The number of halogens is 4. The molecule has 1 amide bonds. The van der Waals surface area contributed by atoms with Crippen molar-refractivity contribution >= 4 is 11.6 Å². The third-order valence-electron chi connectivity index (χ3n) is 3.22. The van der Waals surface area contributed by atoms with Gasteiger partial charge < -0.3 is 10.6 Å². The predicted molar refractivity (Wildman–Crippen MR) is 77.8 cm³/mol. The van der Waals surface area contributed by atoms with E-state index in [1.165, 1.54) is 12.1 Å². The number of amides is 1. The van der Waals surface area contributed by atoms with Gasteiger partial charge in [0.15, 0.2) is 23.3 Å². The van der Waals surface area contributed by atoms with Crippen LogP contribution in [0.1, 0.15) is 18.5 Å². The first-order chi connectivity index (χ1) is 10.9. The summed E-state index contributed by atoms with van der Waals surface area (Å²) in [4.78, 5) is 11.7. The summed E-state index contributed by atoms with van der Waals surface area (Å²) in [6, 6.07) is 6.05. The summed E-state index contributed by atoms with van der Waals surface area (Å²) < 4.78 is 51.8. The van der Waals surface area contributed by atoms with E-state index in [-0.39, 0.29) is 12.2 Å². The zero-order valence-electron chi connectivity index (χ0n) is 12.2. The van der Waals surface area contributed by atoms with Crippen LogP contribution in [0.15, 0.2) is 36.4 Å². The molecule has 23 heavy (non-hydrogen) atoms. The summed E-state index contributed by atoms with van der Waals surface area (Å²) >= 11 is 0. The number of carbonyl (C=O) groups is 1. The second kappa shape index (κ2) is 7.23. The average molecular weight is 326 g/mol. The summed E-state index contributed by atoms with van der Waals surface area (Å²) in [7, 11) is 0. The van der Waals surface area contributed by atoms with Crippen LogP contribution in [-0.2, 0) is 4.79 Å². The summed E-state index contributed by atoms with van der Waals surface area (Å²) in [6.45, 7) is 1.54. The fraction of sp³-hybridized carbons (Fsp3) is 0.188. The van der Waals surface area contributed by atoms with Gasteiger partial charge in [-0.3, -0.25) is 4.79 Å². The van der Waals surface area contributed by atoms with Crippen molar-refractivity contribution < 1.29 is 22.4 Å². The van der Waals surface area contributed by atoms with Gasteiger partial charge in [0.25, 0.3) is 0 Å². The molecule has 0 aromatic heterocycles. The van der Waals surface area contributed by atoms with Crippen molar-refractivity contribution in [2.45, 2.75) is 13.0 Å². The first kappa shape index (κ1) is 17.0. The van der Waals surface area contributed by atoms with E-state index in [9.17, 15) is 22.4 Å². The standard InChI is InChI=1S/C16H14F4N2O/c1-9(10-2-4-12(17)14(19)6-10)21-8-16(23)22-11-3-5-13(18)15(20)7-11/h2-7,9,21H,8H2,1H3,(H,22,23)/t9-/m1/s1. The molecule has 0 unspecified atom stereocenters. The van der Waals surface area contributed by atoms with E-state index in [1.807, 2.05) is 0 Å². The smallest absolute Gasteiger partial charge is 0.238 e. The lowest BCUT2D eigenvalue weighted by Gasteiger charge is -2.14. The first-order valence-corrected chi connectivity index (χ1v) is 6.80.